The minimum atomic E-state index is 1.26. The van der Waals surface area contributed by atoms with Crippen molar-refractivity contribution in [3.8, 4) is 22.3 Å². The van der Waals surface area contributed by atoms with E-state index < -0.39 is 0 Å². The summed E-state index contributed by atoms with van der Waals surface area (Å²) in [6, 6.07) is 32.1. The van der Waals surface area contributed by atoms with Crippen molar-refractivity contribution in [1.82, 2.24) is 0 Å². The topological polar surface area (TPSA) is 0 Å². The molecule has 0 aliphatic heterocycles. The lowest BCUT2D eigenvalue weighted by Crippen LogP contribution is -1.77. The Balaban J connectivity index is 1.51. The van der Waals surface area contributed by atoms with Crippen LogP contribution in [0.1, 0.15) is 0 Å². The molecule has 0 bridgehead atoms. The van der Waals surface area contributed by atoms with Crippen molar-refractivity contribution < 1.29 is 0 Å². The Labute approximate surface area is 150 Å². The normalized spacial score (nSPS) is 10.7. The summed E-state index contributed by atoms with van der Waals surface area (Å²) in [6.07, 6.45) is 0. The molecule has 0 saturated heterocycles. The Morgan fingerprint density at radius 1 is 0.542 bits per heavy atom. The van der Waals surface area contributed by atoms with Crippen LogP contribution in [0.3, 0.4) is 0 Å². The van der Waals surface area contributed by atoms with Gasteiger partial charge in [0.1, 0.15) is 0 Å². The van der Waals surface area contributed by atoms with Gasteiger partial charge in [-0.1, -0.05) is 84.6 Å². The molecule has 3 aromatic carbocycles. The van der Waals surface area contributed by atoms with Crippen LogP contribution in [-0.2, 0) is 0 Å². The van der Waals surface area contributed by atoms with Crippen LogP contribution in [0.15, 0.2) is 105 Å². The standard InChI is InChI=1S/C22H16S2/c1-3-7-17(8-4-1)19-11-13-21(14-12-19)24-22-15-20(16-23-22)18-9-5-2-6-10-18/h1-16H. The zero-order chi connectivity index (χ0) is 16.2. The van der Waals surface area contributed by atoms with Crippen molar-refractivity contribution in [3.05, 3.63) is 96.4 Å². The van der Waals surface area contributed by atoms with Crippen LogP contribution >= 0.6 is 23.1 Å². The molecule has 0 N–H and O–H groups in total. The van der Waals surface area contributed by atoms with Crippen LogP contribution in [0.2, 0.25) is 0 Å². The van der Waals surface area contributed by atoms with Crippen molar-refractivity contribution in [3.63, 3.8) is 0 Å². The Morgan fingerprint density at radius 3 is 1.71 bits per heavy atom. The number of thiophene rings is 1. The van der Waals surface area contributed by atoms with E-state index in [0.717, 1.165) is 0 Å². The maximum atomic E-state index is 2.27. The van der Waals surface area contributed by atoms with Gasteiger partial charge < -0.3 is 0 Å². The van der Waals surface area contributed by atoms with E-state index >= 15 is 0 Å². The average molecular weight is 345 g/mol. The highest BCUT2D eigenvalue weighted by atomic mass is 32.2. The third-order valence-corrected chi connectivity index (χ3v) is 5.95. The highest BCUT2D eigenvalue weighted by Crippen LogP contribution is 2.36. The van der Waals surface area contributed by atoms with Crippen molar-refractivity contribution in [2.45, 2.75) is 9.10 Å². The molecule has 0 spiro atoms. The van der Waals surface area contributed by atoms with E-state index in [1.165, 1.54) is 31.4 Å². The lowest BCUT2D eigenvalue weighted by Gasteiger charge is -2.03. The largest absolute Gasteiger partial charge is 0.136 e. The molecular weight excluding hydrogens is 328 g/mol. The van der Waals surface area contributed by atoms with Gasteiger partial charge in [-0.05, 0) is 45.8 Å². The summed E-state index contributed by atoms with van der Waals surface area (Å²) in [5.41, 5.74) is 5.09. The van der Waals surface area contributed by atoms with Crippen LogP contribution in [-0.4, -0.2) is 0 Å². The Bertz CT molecular complexity index is 907. The van der Waals surface area contributed by atoms with Gasteiger partial charge in [-0.25, -0.2) is 0 Å². The first-order valence-corrected chi connectivity index (χ1v) is 9.55. The molecule has 2 heteroatoms. The monoisotopic (exact) mass is 344 g/mol. The zero-order valence-corrected chi connectivity index (χ0v) is 14.7. The van der Waals surface area contributed by atoms with E-state index in [4.69, 9.17) is 0 Å². The van der Waals surface area contributed by atoms with Crippen molar-refractivity contribution in [2.24, 2.45) is 0 Å². The fraction of sp³-hybridized carbons (Fsp3) is 0. The van der Waals surface area contributed by atoms with Gasteiger partial charge >= 0.3 is 0 Å². The first kappa shape index (κ1) is 15.3. The van der Waals surface area contributed by atoms with E-state index in [1.807, 2.05) is 11.8 Å². The fourth-order valence-electron chi connectivity index (χ4n) is 2.61. The lowest BCUT2D eigenvalue weighted by atomic mass is 10.1. The minimum Gasteiger partial charge on any atom is -0.136 e. The molecule has 0 aliphatic carbocycles. The minimum absolute atomic E-state index is 1.26. The summed E-state index contributed by atoms with van der Waals surface area (Å²) in [5.74, 6) is 0. The molecule has 24 heavy (non-hydrogen) atoms. The maximum absolute atomic E-state index is 2.27. The highest BCUT2D eigenvalue weighted by Gasteiger charge is 2.05. The number of hydrogen-bond acceptors (Lipinski definition) is 2. The summed E-state index contributed by atoms with van der Waals surface area (Å²) in [5, 5.41) is 2.23. The van der Waals surface area contributed by atoms with Crippen molar-refractivity contribution in [1.29, 1.82) is 0 Å². The summed E-state index contributed by atoms with van der Waals surface area (Å²) >= 11 is 3.63. The van der Waals surface area contributed by atoms with Crippen molar-refractivity contribution in [2.75, 3.05) is 0 Å². The molecule has 0 unspecified atom stereocenters. The van der Waals surface area contributed by atoms with E-state index in [0.29, 0.717) is 0 Å². The van der Waals surface area contributed by atoms with Gasteiger partial charge in [0.15, 0.2) is 0 Å². The van der Waals surface area contributed by atoms with Gasteiger partial charge in [0, 0.05) is 4.90 Å². The number of benzene rings is 3. The van der Waals surface area contributed by atoms with Gasteiger partial charge in [-0.2, -0.15) is 0 Å². The SMILES string of the molecule is c1ccc(-c2ccc(Sc3cc(-c4ccccc4)cs3)cc2)cc1. The maximum Gasteiger partial charge on any atom is 0.0652 e. The molecule has 4 aromatic rings. The molecule has 1 aromatic heterocycles. The molecule has 116 valence electrons. The third-order valence-electron chi connectivity index (χ3n) is 3.86. The second kappa shape index (κ2) is 7.08. The van der Waals surface area contributed by atoms with E-state index in [2.05, 4.69) is 96.4 Å². The van der Waals surface area contributed by atoms with E-state index in [9.17, 15) is 0 Å². The molecule has 0 nitrogen and oxygen atoms in total. The predicted molar refractivity (Wildman–Crippen MR) is 106 cm³/mol. The Morgan fingerprint density at radius 2 is 1.08 bits per heavy atom. The first-order valence-electron chi connectivity index (χ1n) is 7.86. The average Bonchev–Trinajstić information content (AvgIpc) is 3.12. The zero-order valence-electron chi connectivity index (χ0n) is 13.1. The summed E-state index contributed by atoms with van der Waals surface area (Å²) in [6.45, 7) is 0. The smallest absolute Gasteiger partial charge is 0.0652 e. The van der Waals surface area contributed by atoms with Crippen LogP contribution in [0, 0.1) is 0 Å². The third kappa shape index (κ3) is 3.45. The Kier molecular flexibility index (Phi) is 4.50. The van der Waals surface area contributed by atoms with Gasteiger partial charge in [0.25, 0.3) is 0 Å². The summed E-state index contributed by atoms with van der Waals surface area (Å²) in [4.78, 5) is 1.27. The highest BCUT2D eigenvalue weighted by molar-refractivity contribution is 8.01. The van der Waals surface area contributed by atoms with Crippen molar-refractivity contribution >= 4 is 23.1 Å². The molecular formula is C22H16S2. The fourth-order valence-corrected chi connectivity index (χ4v) is 4.57. The summed E-state index contributed by atoms with van der Waals surface area (Å²) < 4.78 is 1.32. The van der Waals surface area contributed by atoms with Crippen LogP contribution in [0.5, 0.6) is 0 Å². The molecule has 0 fully saturated rings. The molecule has 4 rings (SSSR count). The molecule has 0 amide bonds. The lowest BCUT2D eigenvalue weighted by molar-refractivity contribution is 1.45. The predicted octanol–water partition coefficient (Wildman–Crippen LogP) is 7.23. The molecule has 1 heterocycles. The molecule has 0 radical (unpaired) electrons. The van der Waals surface area contributed by atoms with Gasteiger partial charge in [0.05, 0.1) is 4.21 Å². The second-order valence-corrected chi connectivity index (χ2v) is 7.80. The van der Waals surface area contributed by atoms with Gasteiger partial charge in [-0.15, -0.1) is 11.3 Å². The van der Waals surface area contributed by atoms with Crippen LogP contribution in [0.25, 0.3) is 22.3 Å². The summed E-state index contributed by atoms with van der Waals surface area (Å²) in [7, 11) is 0. The molecule has 0 atom stereocenters. The van der Waals surface area contributed by atoms with Gasteiger partial charge in [0.2, 0.25) is 0 Å². The number of rotatable bonds is 4. The van der Waals surface area contributed by atoms with Gasteiger partial charge in [-0.3, -0.25) is 0 Å². The van der Waals surface area contributed by atoms with E-state index in [-0.39, 0.29) is 0 Å². The molecule has 0 saturated carbocycles. The Hall–Kier alpha value is -2.29. The van der Waals surface area contributed by atoms with Crippen LogP contribution in [0.4, 0.5) is 0 Å². The molecule has 0 aliphatic rings. The number of hydrogen-bond donors (Lipinski definition) is 0. The quantitative estimate of drug-likeness (QED) is 0.376. The second-order valence-electron chi connectivity index (χ2n) is 5.51. The van der Waals surface area contributed by atoms with E-state index in [1.54, 1.807) is 11.3 Å². The first-order chi connectivity index (χ1) is 11.9. The van der Waals surface area contributed by atoms with Crippen LogP contribution < -0.4 is 0 Å².